The van der Waals surface area contributed by atoms with Gasteiger partial charge in [0.2, 0.25) is 5.91 Å². The smallest absolute Gasteiger partial charge is 0.319 e. The van der Waals surface area contributed by atoms with Gasteiger partial charge in [0.25, 0.3) is 0 Å². The van der Waals surface area contributed by atoms with E-state index in [1.54, 1.807) is 30.3 Å². The number of carbonyl (C=O) groups excluding carboxylic acids is 2. The minimum Gasteiger partial charge on any atom is -0.333 e. The van der Waals surface area contributed by atoms with Crippen molar-refractivity contribution in [2.75, 3.05) is 17.2 Å². The summed E-state index contributed by atoms with van der Waals surface area (Å²) in [5, 5.41) is 8.59. The van der Waals surface area contributed by atoms with E-state index in [0.29, 0.717) is 11.4 Å². The molecule has 3 amide bonds. The normalized spacial score (nSPS) is 19.0. The van der Waals surface area contributed by atoms with Gasteiger partial charge < -0.3 is 16.0 Å². The molecule has 0 aromatic heterocycles. The molecule has 2 atom stereocenters. The molecule has 1 aliphatic heterocycles. The van der Waals surface area contributed by atoms with Gasteiger partial charge in [-0.25, -0.2) is 9.18 Å². The van der Waals surface area contributed by atoms with Crippen LogP contribution in [0.25, 0.3) is 0 Å². The first-order chi connectivity index (χ1) is 14.2. The summed E-state index contributed by atoms with van der Waals surface area (Å²) in [5.74, 6) is -0.624. The van der Waals surface area contributed by atoms with Gasteiger partial charge in [-0.2, -0.15) is 0 Å². The molecule has 0 saturated carbocycles. The number of hydrogen-bond donors (Lipinski definition) is 3. The van der Waals surface area contributed by atoms with E-state index >= 15 is 0 Å². The SMILES string of the molecule is CC(=O)Nc1ccc(NC(=O)N[C@@H]2CCN(C(C)C)[C@H]2c2ccc(Cl)c(F)c2)cc1. The number of urea groups is 1. The first-order valence-corrected chi connectivity index (χ1v) is 10.3. The minimum absolute atomic E-state index is 0.0813. The Morgan fingerprint density at radius 2 is 1.73 bits per heavy atom. The van der Waals surface area contributed by atoms with Crippen LogP contribution in [0.1, 0.15) is 38.8 Å². The predicted molar refractivity (Wildman–Crippen MR) is 117 cm³/mol. The number of likely N-dealkylation sites (tertiary alicyclic amines) is 1. The highest BCUT2D eigenvalue weighted by atomic mass is 35.5. The van der Waals surface area contributed by atoms with Crippen molar-refractivity contribution in [3.05, 3.63) is 58.9 Å². The van der Waals surface area contributed by atoms with Crippen LogP contribution in [0.15, 0.2) is 42.5 Å². The summed E-state index contributed by atoms with van der Waals surface area (Å²) in [6, 6.07) is 11.2. The Labute approximate surface area is 180 Å². The second kappa shape index (κ2) is 9.45. The van der Waals surface area contributed by atoms with Crippen LogP contribution in [0.5, 0.6) is 0 Å². The fourth-order valence-electron chi connectivity index (χ4n) is 3.84. The Bertz CT molecular complexity index is 920. The van der Waals surface area contributed by atoms with Gasteiger partial charge >= 0.3 is 6.03 Å². The van der Waals surface area contributed by atoms with Crippen molar-refractivity contribution in [2.24, 2.45) is 0 Å². The third-order valence-corrected chi connectivity index (χ3v) is 5.47. The van der Waals surface area contributed by atoms with E-state index in [0.717, 1.165) is 18.5 Å². The summed E-state index contributed by atoms with van der Waals surface area (Å²) >= 11 is 5.84. The van der Waals surface area contributed by atoms with Gasteiger partial charge in [0.05, 0.1) is 17.1 Å². The third-order valence-electron chi connectivity index (χ3n) is 5.16. The molecular formula is C22H26ClFN4O2. The van der Waals surface area contributed by atoms with Gasteiger partial charge in [-0.3, -0.25) is 9.69 Å². The number of nitrogens with one attached hydrogen (secondary N) is 3. The zero-order valence-corrected chi connectivity index (χ0v) is 18.0. The standard InChI is InChI=1S/C22H26ClFN4O2/c1-13(2)28-11-10-20(21(28)15-4-9-18(23)19(24)12-15)27-22(30)26-17-7-5-16(6-8-17)25-14(3)29/h4-9,12-13,20-21H,10-11H2,1-3H3,(H,25,29)(H2,26,27,30)/t20-,21+/m1/s1. The summed E-state index contributed by atoms with van der Waals surface area (Å²) in [6.07, 6.45) is 0.752. The lowest BCUT2D eigenvalue weighted by atomic mass is 9.99. The summed E-state index contributed by atoms with van der Waals surface area (Å²) in [5.41, 5.74) is 2.05. The van der Waals surface area contributed by atoms with Crippen molar-refractivity contribution in [2.45, 2.75) is 45.3 Å². The van der Waals surface area contributed by atoms with E-state index in [-0.39, 0.29) is 35.1 Å². The first-order valence-electron chi connectivity index (χ1n) is 9.90. The Balaban J connectivity index is 1.71. The highest BCUT2D eigenvalue weighted by Crippen LogP contribution is 2.35. The Hall–Kier alpha value is -2.64. The van der Waals surface area contributed by atoms with Crippen molar-refractivity contribution in [1.29, 1.82) is 0 Å². The van der Waals surface area contributed by atoms with Crippen LogP contribution in [0.4, 0.5) is 20.6 Å². The zero-order valence-electron chi connectivity index (χ0n) is 17.2. The molecule has 6 nitrogen and oxygen atoms in total. The van der Waals surface area contributed by atoms with Crippen molar-refractivity contribution in [3.8, 4) is 0 Å². The average molecular weight is 433 g/mol. The number of anilines is 2. The topological polar surface area (TPSA) is 73.5 Å². The maximum absolute atomic E-state index is 14.1. The van der Waals surface area contributed by atoms with Crippen molar-refractivity contribution < 1.29 is 14.0 Å². The molecule has 1 aliphatic rings. The lowest BCUT2D eigenvalue weighted by Crippen LogP contribution is -2.43. The molecule has 0 unspecified atom stereocenters. The van der Waals surface area contributed by atoms with Gasteiger partial charge in [0, 0.05) is 30.9 Å². The predicted octanol–water partition coefficient (Wildman–Crippen LogP) is 4.78. The molecule has 30 heavy (non-hydrogen) atoms. The Morgan fingerprint density at radius 3 is 2.30 bits per heavy atom. The van der Waals surface area contributed by atoms with Gasteiger partial charge in [-0.1, -0.05) is 17.7 Å². The second-order valence-corrected chi connectivity index (χ2v) is 8.11. The lowest BCUT2D eigenvalue weighted by molar-refractivity contribution is -0.114. The molecule has 2 aromatic carbocycles. The molecule has 1 saturated heterocycles. The molecular weight excluding hydrogens is 407 g/mol. The lowest BCUT2D eigenvalue weighted by Gasteiger charge is -2.32. The monoisotopic (exact) mass is 432 g/mol. The van der Waals surface area contributed by atoms with Gasteiger partial charge in [-0.05, 0) is 62.2 Å². The van der Waals surface area contributed by atoms with Gasteiger partial charge in [0.1, 0.15) is 5.82 Å². The Kier molecular flexibility index (Phi) is 6.95. The number of carbonyl (C=O) groups is 2. The highest BCUT2D eigenvalue weighted by molar-refractivity contribution is 6.30. The van der Waals surface area contributed by atoms with E-state index in [1.807, 2.05) is 6.07 Å². The molecule has 160 valence electrons. The largest absolute Gasteiger partial charge is 0.333 e. The molecule has 2 aromatic rings. The summed E-state index contributed by atoms with van der Waals surface area (Å²) in [4.78, 5) is 26.0. The minimum atomic E-state index is -0.466. The number of nitrogens with zero attached hydrogens (tertiary/aromatic N) is 1. The van der Waals surface area contributed by atoms with Crippen LogP contribution in [0.3, 0.4) is 0 Å². The van der Waals surface area contributed by atoms with Crippen LogP contribution in [-0.2, 0) is 4.79 Å². The van der Waals surface area contributed by atoms with Crippen LogP contribution in [0.2, 0.25) is 5.02 Å². The number of halogens is 2. The maximum Gasteiger partial charge on any atom is 0.319 e. The molecule has 0 bridgehead atoms. The quantitative estimate of drug-likeness (QED) is 0.636. The fourth-order valence-corrected chi connectivity index (χ4v) is 3.96. The van der Waals surface area contributed by atoms with E-state index in [2.05, 4.69) is 34.7 Å². The van der Waals surface area contributed by atoms with E-state index in [9.17, 15) is 14.0 Å². The first kappa shape index (κ1) is 22.1. The number of amides is 3. The molecule has 0 spiro atoms. The van der Waals surface area contributed by atoms with Crippen molar-refractivity contribution >= 4 is 34.9 Å². The molecule has 0 radical (unpaired) electrons. The summed E-state index contributed by atoms with van der Waals surface area (Å²) in [6.45, 7) is 6.39. The fraction of sp³-hybridized carbons (Fsp3) is 0.364. The number of benzene rings is 2. The molecule has 8 heteroatoms. The van der Waals surface area contributed by atoms with Gasteiger partial charge in [0.15, 0.2) is 0 Å². The highest BCUT2D eigenvalue weighted by Gasteiger charge is 2.37. The van der Waals surface area contributed by atoms with Gasteiger partial charge in [-0.15, -0.1) is 0 Å². The molecule has 3 rings (SSSR count). The summed E-state index contributed by atoms with van der Waals surface area (Å²) in [7, 11) is 0. The average Bonchev–Trinajstić information content (AvgIpc) is 3.09. The Morgan fingerprint density at radius 1 is 1.10 bits per heavy atom. The third kappa shape index (κ3) is 5.29. The number of rotatable bonds is 5. The molecule has 3 N–H and O–H groups in total. The second-order valence-electron chi connectivity index (χ2n) is 7.70. The van der Waals surface area contributed by atoms with E-state index in [1.165, 1.54) is 13.0 Å². The molecule has 0 aliphatic carbocycles. The van der Waals surface area contributed by atoms with Crippen LogP contribution in [0, 0.1) is 5.82 Å². The number of hydrogen-bond acceptors (Lipinski definition) is 3. The molecule has 1 heterocycles. The van der Waals surface area contributed by atoms with Crippen LogP contribution < -0.4 is 16.0 Å². The zero-order chi connectivity index (χ0) is 21.8. The van der Waals surface area contributed by atoms with E-state index < -0.39 is 5.82 Å². The summed E-state index contributed by atoms with van der Waals surface area (Å²) < 4.78 is 14.1. The van der Waals surface area contributed by atoms with Crippen LogP contribution >= 0.6 is 11.6 Å². The maximum atomic E-state index is 14.1. The van der Waals surface area contributed by atoms with Crippen molar-refractivity contribution in [1.82, 2.24) is 10.2 Å². The van der Waals surface area contributed by atoms with Crippen molar-refractivity contribution in [3.63, 3.8) is 0 Å². The molecule has 1 fully saturated rings. The van der Waals surface area contributed by atoms with E-state index in [4.69, 9.17) is 11.6 Å². The van der Waals surface area contributed by atoms with Crippen LogP contribution in [-0.4, -0.2) is 35.5 Å².